The predicted octanol–water partition coefficient (Wildman–Crippen LogP) is 1.86. The molecule has 0 atom stereocenters. The maximum Gasteiger partial charge on any atom is 0.337 e. The van der Waals surface area contributed by atoms with Gasteiger partial charge in [0.05, 0.1) is 17.7 Å². The number of hydrogen-bond acceptors (Lipinski definition) is 4. The Balaban J connectivity index is 2.55. The second-order valence-electron chi connectivity index (χ2n) is 4.25. The van der Waals surface area contributed by atoms with E-state index in [9.17, 15) is 14.7 Å². The smallest absolute Gasteiger partial charge is 0.337 e. The quantitative estimate of drug-likeness (QED) is 0.843. The summed E-state index contributed by atoms with van der Waals surface area (Å²) in [7, 11) is 0. The van der Waals surface area contributed by atoms with E-state index in [1.54, 1.807) is 23.6 Å². The van der Waals surface area contributed by atoms with Gasteiger partial charge in [0.2, 0.25) is 0 Å². The average molecular weight is 276 g/mol. The number of aryl methyl sites for hydroxylation is 1. The van der Waals surface area contributed by atoms with Crippen LogP contribution in [0.1, 0.15) is 30.0 Å². The van der Waals surface area contributed by atoms with Crippen molar-refractivity contribution in [1.82, 2.24) is 9.55 Å². The lowest BCUT2D eigenvalue weighted by atomic mass is 10.2. The predicted molar refractivity (Wildman–Crippen MR) is 72.7 cm³/mol. The summed E-state index contributed by atoms with van der Waals surface area (Å²) in [6.07, 6.45) is 0.604. The van der Waals surface area contributed by atoms with Crippen molar-refractivity contribution >= 4 is 23.0 Å². The van der Waals surface area contributed by atoms with Gasteiger partial charge < -0.3 is 14.4 Å². The minimum atomic E-state index is -1.03. The van der Waals surface area contributed by atoms with Gasteiger partial charge >= 0.3 is 11.9 Å². The van der Waals surface area contributed by atoms with Crippen LogP contribution in [0.25, 0.3) is 11.0 Å². The molecule has 1 N–H and O–H groups in total. The topological polar surface area (TPSA) is 81.4 Å². The molecule has 0 fully saturated rings. The van der Waals surface area contributed by atoms with Crippen molar-refractivity contribution in [2.24, 2.45) is 0 Å². The Morgan fingerprint density at radius 1 is 1.35 bits per heavy atom. The number of aromatic carboxylic acids is 1. The van der Waals surface area contributed by atoms with Crippen molar-refractivity contribution in [3.63, 3.8) is 0 Å². The number of imidazole rings is 1. The zero-order valence-corrected chi connectivity index (χ0v) is 11.4. The number of ether oxygens (including phenoxy) is 1. The Bertz CT molecular complexity index is 660. The van der Waals surface area contributed by atoms with E-state index < -0.39 is 5.97 Å². The van der Waals surface area contributed by atoms with Gasteiger partial charge in [-0.15, -0.1) is 0 Å². The largest absolute Gasteiger partial charge is 0.478 e. The minimum absolute atomic E-state index is 0.0383. The van der Waals surface area contributed by atoms with Crippen LogP contribution < -0.4 is 0 Å². The average Bonchev–Trinajstić information content (AvgIpc) is 2.76. The summed E-state index contributed by atoms with van der Waals surface area (Å²) in [6.45, 7) is 4.00. The normalized spacial score (nSPS) is 10.7. The number of carboxylic acid groups (broad SMARTS) is 1. The fraction of sp³-hybridized carbons (Fsp3) is 0.357. The van der Waals surface area contributed by atoms with Crippen LogP contribution in [0.4, 0.5) is 0 Å². The fourth-order valence-corrected chi connectivity index (χ4v) is 2.15. The molecule has 6 nitrogen and oxygen atoms in total. The molecule has 1 aromatic heterocycles. The molecular weight excluding hydrogens is 260 g/mol. The SMILES string of the molecule is CCOC(=O)Cn1c(CC)nc2c(C(=O)O)cccc21. The molecule has 0 aliphatic carbocycles. The van der Waals surface area contributed by atoms with Gasteiger partial charge in [0.15, 0.2) is 0 Å². The van der Waals surface area contributed by atoms with Gasteiger partial charge in [0, 0.05) is 6.42 Å². The summed E-state index contributed by atoms with van der Waals surface area (Å²) in [4.78, 5) is 27.2. The first-order valence-corrected chi connectivity index (χ1v) is 6.45. The molecule has 0 spiro atoms. The number of hydrogen-bond donors (Lipinski definition) is 1. The van der Waals surface area contributed by atoms with Gasteiger partial charge in [-0.2, -0.15) is 0 Å². The van der Waals surface area contributed by atoms with Gasteiger partial charge in [-0.1, -0.05) is 13.0 Å². The van der Waals surface area contributed by atoms with Gasteiger partial charge in [0.1, 0.15) is 17.9 Å². The molecule has 0 aliphatic rings. The molecule has 1 aromatic carbocycles. The summed E-state index contributed by atoms with van der Waals surface area (Å²) in [5, 5.41) is 9.18. The molecule has 6 heteroatoms. The second kappa shape index (κ2) is 5.73. The molecule has 0 saturated heterocycles. The number of fused-ring (bicyclic) bond motifs is 1. The highest BCUT2D eigenvalue weighted by Gasteiger charge is 2.17. The van der Waals surface area contributed by atoms with Crippen LogP contribution in [-0.2, 0) is 22.5 Å². The summed E-state index contributed by atoms with van der Waals surface area (Å²) in [5.41, 5.74) is 1.18. The molecule has 2 rings (SSSR count). The number of carbonyl (C=O) groups excluding carboxylic acids is 1. The van der Waals surface area contributed by atoms with E-state index in [0.717, 1.165) is 0 Å². The number of carbonyl (C=O) groups is 2. The summed E-state index contributed by atoms with van der Waals surface area (Å²) in [6, 6.07) is 4.91. The molecule has 1 heterocycles. The number of rotatable bonds is 5. The highest BCUT2D eigenvalue weighted by Crippen LogP contribution is 2.21. The van der Waals surface area contributed by atoms with Crippen LogP contribution in [0.3, 0.4) is 0 Å². The first kappa shape index (κ1) is 14.0. The molecule has 20 heavy (non-hydrogen) atoms. The third-order valence-corrected chi connectivity index (χ3v) is 3.00. The first-order chi connectivity index (χ1) is 9.58. The molecule has 0 bridgehead atoms. The molecule has 0 amide bonds. The van der Waals surface area contributed by atoms with E-state index in [1.807, 2.05) is 6.92 Å². The standard InChI is InChI=1S/C14H16N2O4/c1-3-11-15-13-9(14(18)19)6-5-7-10(13)16(11)8-12(17)20-4-2/h5-7H,3-4,8H2,1-2H3,(H,18,19). The lowest BCUT2D eigenvalue weighted by Gasteiger charge is -2.07. The monoisotopic (exact) mass is 276 g/mol. The second-order valence-corrected chi connectivity index (χ2v) is 4.25. The van der Waals surface area contributed by atoms with E-state index in [-0.39, 0.29) is 18.1 Å². The zero-order chi connectivity index (χ0) is 14.7. The van der Waals surface area contributed by atoms with Gasteiger partial charge in [0.25, 0.3) is 0 Å². The van der Waals surface area contributed by atoms with Gasteiger partial charge in [-0.3, -0.25) is 4.79 Å². The van der Waals surface area contributed by atoms with E-state index in [1.165, 1.54) is 6.07 Å². The maximum atomic E-state index is 11.7. The van der Waals surface area contributed by atoms with Crippen LogP contribution in [0.5, 0.6) is 0 Å². The van der Waals surface area contributed by atoms with Crippen molar-refractivity contribution in [3.05, 3.63) is 29.6 Å². The number of para-hydroxylation sites is 1. The third-order valence-electron chi connectivity index (χ3n) is 3.00. The third kappa shape index (κ3) is 2.49. The molecule has 0 aliphatic heterocycles. The summed E-state index contributed by atoms with van der Waals surface area (Å²) >= 11 is 0. The fourth-order valence-electron chi connectivity index (χ4n) is 2.15. The Kier molecular flexibility index (Phi) is 4.02. The Morgan fingerprint density at radius 2 is 2.10 bits per heavy atom. The molecular formula is C14H16N2O4. The van der Waals surface area contributed by atoms with E-state index in [0.29, 0.717) is 29.9 Å². The number of benzene rings is 1. The number of aromatic nitrogens is 2. The van der Waals surface area contributed by atoms with Gasteiger partial charge in [-0.05, 0) is 19.1 Å². The number of nitrogens with zero attached hydrogens (tertiary/aromatic N) is 2. The van der Waals surface area contributed by atoms with Crippen LogP contribution in [0, 0.1) is 0 Å². The van der Waals surface area contributed by atoms with Crippen LogP contribution in [0.2, 0.25) is 0 Å². The first-order valence-electron chi connectivity index (χ1n) is 6.45. The van der Waals surface area contributed by atoms with E-state index >= 15 is 0 Å². The van der Waals surface area contributed by atoms with Crippen molar-refractivity contribution in [2.75, 3.05) is 6.61 Å². The molecule has 0 radical (unpaired) electrons. The zero-order valence-electron chi connectivity index (χ0n) is 11.4. The van der Waals surface area contributed by atoms with Crippen molar-refractivity contribution in [3.8, 4) is 0 Å². The maximum absolute atomic E-state index is 11.7. The Labute approximate surface area is 116 Å². The number of esters is 1. The van der Waals surface area contributed by atoms with Crippen molar-refractivity contribution in [2.45, 2.75) is 26.8 Å². The minimum Gasteiger partial charge on any atom is -0.478 e. The Hall–Kier alpha value is -2.37. The van der Waals surface area contributed by atoms with Crippen molar-refractivity contribution < 1.29 is 19.4 Å². The van der Waals surface area contributed by atoms with Crippen molar-refractivity contribution in [1.29, 1.82) is 0 Å². The van der Waals surface area contributed by atoms with E-state index in [2.05, 4.69) is 4.98 Å². The lowest BCUT2D eigenvalue weighted by molar-refractivity contribution is -0.143. The van der Waals surface area contributed by atoms with Crippen LogP contribution in [-0.4, -0.2) is 33.2 Å². The van der Waals surface area contributed by atoms with Gasteiger partial charge in [-0.25, -0.2) is 9.78 Å². The molecule has 0 saturated carbocycles. The number of carboxylic acids is 1. The Morgan fingerprint density at radius 3 is 2.70 bits per heavy atom. The summed E-state index contributed by atoms with van der Waals surface area (Å²) < 4.78 is 6.65. The molecule has 106 valence electrons. The summed E-state index contributed by atoms with van der Waals surface area (Å²) in [5.74, 6) is -0.719. The van der Waals surface area contributed by atoms with E-state index in [4.69, 9.17) is 4.74 Å². The highest BCUT2D eigenvalue weighted by molar-refractivity contribution is 6.01. The molecule has 0 unspecified atom stereocenters. The molecule has 2 aromatic rings. The lowest BCUT2D eigenvalue weighted by Crippen LogP contribution is -2.15. The highest BCUT2D eigenvalue weighted by atomic mass is 16.5. The van der Waals surface area contributed by atoms with Crippen LogP contribution in [0.15, 0.2) is 18.2 Å². The van der Waals surface area contributed by atoms with Crippen LogP contribution >= 0.6 is 0 Å².